The molecular formula is C13H26ClNOSi. The molecule has 0 heterocycles. The molecule has 4 heteroatoms. The number of halogens is 1. The second kappa shape index (κ2) is 6.77. The Morgan fingerprint density at radius 3 is 1.47 bits per heavy atom. The molecule has 0 saturated heterocycles. The minimum absolute atomic E-state index is 0.261. The predicted molar refractivity (Wildman–Crippen MR) is 76.8 cm³/mol. The molecular weight excluding hydrogens is 250 g/mol. The van der Waals surface area contributed by atoms with E-state index in [1.807, 2.05) is 6.92 Å². The topological polar surface area (TPSA) is 33.0 Å². The highest BCUT2D eigenvalue weighted by atomic mass is 35.5. The van der Waals surface area contributed by atoms with Gasteiger partial charge >= 0.3 is 0 Å². The molecule has 0 fully saturated rings. The van der Waals surface area contributed by atoms with Crippen LogP contribution in [0.1, 0.15) is 48.5 Å². The van der Waals surface area contributed by atoms with Crippen LogP contribution in [0.15, 0.2) is 0 Å². The van der Waals surface area contributed by atoms with Gasteiger partial charge in [-0.25, -0.2) is 0 Å². The minimum atomic E-state index is -1.98. The van der Waals surface area contributed by atoms with E-state index in [1.165, 1.54) is 0 Å². The van der Waals surface area contributed by atoms with Gasteiger partial charge in [0.05, 0.1) is 11.4 Å². The second-order valence-corrected chi connectivity index (χ2v) is 11.8. The van der Waals surface area contributed by atoms with E-state index in [1.54, 1.807) is 0 Å². The van der Waals surface area contributed by atoms with Crippen molar-refractivity contribution in [2.75, 3.05) is 0 Å². The molecule has 2 atom stereocenters. The van der Waals surface area contributed by atoms with E-state index in [0.717, 1.165) is 0 Å². The summed E-state index contributed by atoms with van der Waals surface area (Å²) >= 11 is 6.04. The standard InChI is InChI=1S/C13H26ClNOSi/c1-9(2)17(10(3)4,11(5)6)16-13(8-15)12(7)14/h9-13H,1-7H3. The Morgan fingerprint density at radius 2 is 1.29 bits per heavy atom. The first-order chi connectivity index (χ1) is 7.70. The van der Waals surface area contributed by atoms with Gasteiger partial charge in [0.2, 0.25) is 8.32 Å². The quantitative estimate of drug-likeness (QED) is 0.520. The Kier molecular flexibility index (Phi) is 6.76. The van der Waals surface area contributed by atoms with Crippen LogP contribution in [0.25, 0.3) is 0 Å². The number of hydrogen-bond donors (Lipinski definition) is 0. The van der Waals surface area contributed by atoms with Crippen molar-refractivity contribution < 1.29 is 4.43 Å². The summed E-state index contributed by atoms with van der Waals surface area (Å²) in [6, 6.07) is 2.20. The van der Waals surface area contributed by atoms with E-state index in [2.05, 4.69) is 47.6 Å². The molecule has 0 bridgehead atoms. The van der Waals surface area contributed by atoms with Crippen molar-refractivity contribution in [3.63, 3.8) is 0 Å². The van der Waals surface area contributed by atoms with Crippen LogP contribution in [-0.4, -0.2) is 19.8 Å². The first-order valence-corrected chi connectivity index (χ1v) is 8.99. The smallest absolute Gasteiger partial charge is 0.202 e. The van der Waals surface area contributed by atoms with Crippen molar-refractivity contribution in [3.05, 3.63) is 0 Å². The third kappa shape index (κ3) is 3.71. The SMILES string of the molecule is CC(Cl)C(C#N)O[Si](C(C)C)(C(C)C)C(C)C. The van der Waals surface area contributed by atoms with Crippen molar-refractivity contribution in [1.29, 1.82) is 5.26 Å². The molecule has 0 saturated carbocycles. The molecule has 0 aliphatic rings. The Morgan fingerprint density at radius 1 is 0.941 bits per heavy atom. The molecule has 0 spiro atoms. The van der Waals surface area contributed by atoms with Crippen molar-refractivity contribution in [3.8, 4) is 6.07 Å². The lowest BCUT2D eigenvalue weighted by molar-refractivity contribution is 0.221. The van der Waals surface area contributed by atoms with Gasteiger partial charge in [-0.05, 0) is 23.5 Å². The van der Waals surface area contributed by atoms with Gasteiger partial charge in [0.25, 0.3) is 0 Å². The van der Waals surface area contributed by atoms with Crippen LogP contribution < -0.4 is 0 Å². The maximum absolute atomic E-state index is 9.17. The minimum Gasteiger partial charge on any atom is -0.399 e. The molecule has 17 heavy (non-hydrogen) atoms. The summed E-state index contributed by atoms with van der Waals surface area (Å²) in [5.74, 6) is 0. The summed E-state index contributed by atoms with van der Waals surface area (Å²) in [5, 5.41) is 8.91. The van der Waals surface area contributed by atoms with Gasteiger partial charge in [-0.2, -0.15) is 5.26 Å². The largest absolute Gasteiger partial charge is 0.399 e. The molecule has 0 aromatic heterocycles. The van der Waals surface area contributed by atoms with E-state index in [-0.39, 0.29) is 5.38 Å². The summed E-state index contributed by atoms with van der Waals surface area (Å²) in [6.07, 6.45) is -0.490. The van der Waals surface area contributed by atoms with E-state index in [0.29, 0.717) is 16.6 Å². The summed E-state index contributed by atoms with van der Waals surface area (Å²) < 4.78 is 6.28. The number of nitriles is 1. The van der Waals surface area contributed by atoms with Gasteiger partial charge in [0.1, 0.15) is 6.10 Å². The maximum Gasteiger partial charge on any atom is 0.202 e. The highest BCUT2D eigenvalue weighted by Crippen LogP contribution is 2.43. The van der Waals surface area contributed by atoms with Crippen molar-refractivity contribution in [1.82, 2.24) is 0 Å². The first kappa shape index (κ1) is 17.0. The van der Waals surface area contributed by atoms with Gasteiger partial charge in [0.15, 0.2) is 0 Å². The second-order valence-electron chi connectivity index (χ2n) is 5.66. The lowest BCUT2D eigenvalue weighted by atomic mass is 10.3. The zero-order valence-electron chi connectivity index (χ0n) is 12.1. The van der Waals surface area contributed by atoms with E-state index in [4.69, 9.17) is 21.3 Å². The molecule has 0 aliphatic heterocycles. The highest BCUT2D eigenvalue weighted by molar-refractivity contribution is 6.77. The lowest BCUT2D eigenvalue weighted by Crippen LogP contribution is -2.51. The van der Waals surface area contributed by atoms with Crippen LogP contribution in [0.4, 0.5) is 0 Å². The Balaban J connectivity index is 5.26. The molecule has 0 amide bonds. The van der Waals surface area contributed by atoms with Crippen molar-refractivity contribution >= 4 is 19.9 Å². The first-order valence-electron chi connectivity index (χ1n) is 6.41. The fraction of sp³-hybridized carbons (Fsp3) is 0.923. The zero-order valence-corrected chi connectivity index (χ0v) is 13.9. The van der Waals surface area contributed by atoms with Crippen molar-refractivity contribution in [2.24, 2.45) is 0 Å². The number of alkyl halides is 1. The van der Waals surface area contributed by atoms with Gasteiger partial charge in [-0.1, -0.05) is 41.5 Å². The Labute approximate surface area is 112 Å². The van der Waals surface area contributed by atoms with E-state index < -0.39 is 14.4 Å². The van der Waals surface area contributed by atoms with Gasteiger partial charge in [-0.15, -0.1) is 11.6 Å². The van der Waals surface area contributed by atoms with E-state index in [9.17, 15) is 0 Å². The van der Waals surface area contributed by atoms with Crippen LogP contribution in [0.2, 0.25) is 16.6 Å². The molecule has 0 aromatic carbocycles. The lowest BCUT2D eigenvalue weighted by Gasteiger charge is -2.43. The monoisotopic (exact) mass is 275 g/mol. The summed E-state index contributed by atoms with van der Waals surface area (Å²) in [6.45, 7) is 15.1. The highest BCUT2D eigenvalue weighted by Gasteiger charge is 2.47. The average molecular weight is 276 g/mol. The molecule has 100 valence electrons. The van der Waals surface area contributed by atoms with Gasteiger partial charge < -0.3 is 4.43 Å². The molecule has 0 N–H and O–H groups in total. The third-order valence-electron chi connectivity index (χ3n) is 3.58. The van der Waals surface area contributed by atoms with Crippen LogP contribution in [0.5, 0.6) is 0 Å². The third-order valence-corrected chi connectivity index (χ3v) is 9.89. The Hall–Kier alpha value is -0.0431. The molecule has 2 unspecified atom stereocenters. The normalized spacial score (nSPS) is 16.4. The van der Waals surface area contributed by atoms with Crippen LogP contribution >= 0.6 is 11.6 Å². The number of hydrogen-bond acceptors (Lipinski definition) is 2. The van der Waals surface area contributed by atoms with Gasteiger partial charge in [0, 0.05) is 0 Å². The van der Waals surface area contributed by atoms with E-state index >= 15 is 0 Å². The Bertz CT molecular complexity index is 249. The molecule has 0 rings (SSSR count). The summed E-state index contributed by atoms with van der Waals surface area (Å²) in [7, 11) is -1.98. The predicted octanol–water partition coefficient (Wildman–Crippen LogP) is 4.70. The number of nitrogens with zero attached hydrogens (tertiary/aromatic N) is 1. The molecule has 0 aromatic rings. The molecule has 0 radical (unpaired) electrons. The molecule has 2 nitrogen and oxygen atoms in total. The van der Waals surface area contributed by atoms with Crippen LogP contribution in [0, 0.1) is 11.3 Å². The maximum atomic E-state index is 9.17. The van der Waals surface area contributed by atoms with Crippen LogP contribution in [0.3, 0.4) is 0 Å². The van der Waals surface area contributed by atoms with Gasteiger partial charge in [-0.3, -0.25) is 0 Å². The summed E-state index contributed by atoms with van der Waals surface area (Å²) in [4.78, 5) is 0. The number of rotatable bonds is 6. The average Bonchev–Trinajstić information content (AvgIpc) is 2.16. The zero-order chi connectivity index (χ0) is 13.8. The molecule has 0 aliphatic carbocycles. The van der Waals surface area contributed by atoms with Crippen LogP contribution in [-0.2, 0) is 4.43 Å². The fourth-order valence-corrected chi connectivity index (χ4v) is 8.56. The van der Waals surface area contributed by atoms with Crippen molar-refractivity contribution in [2.45, 2.75) is 76.6 Å². The summed E-state index contributed by atoms with van der Waals surface area (Å²) in [5.41, 5.74) is 1.44. The fourth-order valence-electron chi connectivity index (χ4n) is 2.85.